The zero-order chi connectivity index (χ0) is 20.7. The molecule has 0 aliphatic rings. The molecule has 1 heterocycles. The molecule has 0 amide bonds. The summed E-state index contributed by atoms with van der Waals surface area (Å²) >= 11 is 5.96. The molecule has 0 spiro atoms. The first-order valence-electron chi connectivity index (χ1n) is 8.68. The van der Waals surface area contributed by atoms with E-state index in [2.05, 4.69) is 25.5 Å². The number of aromatic nitrogens is 2. The average Bonchev–Trinajstić information content (AvgIpc) is 3.06. The lowest BCUT2D eigenvalue weighted by molar-refractivity contribution is -0.0504. The Labute approximate surface area is 167 Å². The van der Waals surface area contributed by atoms with E-state index in [0.717, 1.165) is 0 Å². The molecule has 1 aromatic carbocycles. The second-order valence-corrected chi connectivity index (χ2v) is 6.79. The van der Waals surface area contributed by atoms with E-state index in [9.17, 15) is 13.9 Å². The van der Waals surface area contributed by atoms with E-state index < -0.39 is 12.2 Å². The summed E-state index contributed by atoms with van der Waals surface area (Å²) < 4.78 is 31.3. The number of nitrogens with zero attached hydrogens (tertiary/aromatic N) is 3. The second kappa shape index (κ2) is 9.70. The molecular formula is C18H24ClF2N5O2. The van der Waals surface area contributed by atoms with Crippen molar-refractivity contribution >= 4 is 17.6 Å². The molecule has 0 saturated heterocycles. The predicted octanol–water partition coefficient (Wildman–Crippen LogP) is 2.64. The molecule has 3 N–H and O–H groups in total. The Morgan fingerprint density at radius 1 is 1.43 bits per heavy atom. The molecule has 1 aromatic heterocycles. The van der Waals surface area contributed by atoms with Crippen LogP contribution in [0.2, 0.25) is 5.02 Å². The van der Waals surface area contributed by atoms with Crippen molar-refractivity contribution in [2.24, 2.45) is 12.0 Å². The van der Waals surface area contributed by atoms with Crippen LogP contribution in [0.15, 0.2) is 35.6 Å². The average molecular weight is 416 g/mol. The third-order valence-electron chi connectivity index (χ3n) is 3.92. The van der Waals surface area contributed by atoms with Crippen LogP contribution in [0.25, 0.3) is 0 Å². The summed E-state index contributed by atoms with van der Waals surface area (Å²) in [6.07, 6.45) is 3.32. The number of rotatable bonds is 8. The van der Waals surface area contributed by atoms with Crippen molar-refractivity contribution in [1.82, 2.24) is 20.4 Å². The number of halogens is 3. The fourth-order valence-corrected chi connectivity index (χ4v) is 2.64. The zero-order valence-corrected chi connectivity index (χ0v) is 16.7. The van der Waals surface area contributed by atoms with Crippen molar-refractivity contribution in [3.8, 4) is 5.75 Å². The number of benzene rings is 1. The third-order valence-corrected chi connectivity index (χ3v) is 4.15. The Morgan fingerprint density at radius 2 is 2.18 bits per heavy atom. The smallest absolute Gasteiger partial charge is 0.387 e. The highest BCUT2D eigenvalue weighted by Gasteiger charge is 2.25. The Hall–Kier alpha value is -2.39. The summed E-state index contributed by atoms with van der Waals surface area (Å²) in [6.45, 7) is 1.42. The number of guanidine groups is 1. The lowest BCUT2D eigenvalue weighted by atomic mass is 10.00. The summed E-state index contributed by atoms with van der Waals surface area (Å²) in [4.78, 5) is 4.37. The number of hydrogen-bond donors (Lipinski definition) is 3. The van der Waals surface area contributed by atoms with E-state index in [1.165, 1.54) is 18.2 Å². The molecule has 28 heavy (non-hydrogen) atoms. The van der Waals surface area contributed by atoms with E-state index in [0.29, 0.717) is 28.7 Å². The molecule has 1 atom stereocenters. The number of ether oxygens (including phenoxy) is 1. The Bertz CT molecular complexity index is 811. The molecule has 7 nitrogen and oxygen atoms in total. The van der Waals surface area contributed by atoms with Gasteiger partial charge in [-0.1, -0.05) is 11.6 Å². The molecule has 1 unspecified atom stereocenters. The normalized spacial score (nSPS) is 14.1. The Kier molecular flexibility index (Phi) is 7.59. The zero-order valence-electron chi connectivity index (χ0n) is 15.9. The van der Waals surface area contributed by atoms with Crippen LogP contribution in [0, 0.1) is 0 Å². The number of aryl methyl sites for hydroxylation is 1. The first kappa shape index (κ1) is 21.9. The van der Waals surface area contributed by atoms with E-state index in [1.54, 1.807) is 31.0 Å². The van der Waals surface area contributed by atoms with Crippen LogP contribution in [0.3, 0.4) is 0 Å². The maximum atomic E-state index is 12.6. The first-order valence-corrected chi connectivity index (χ1v) is 9.06. The van der Waals surface area contributed by atoms with Gasteiger partial charge in [0.05, 0.1) is 19.3 Å². The van der Waals surface area contributed by atoms with Gasteiger partial charge in [0.1, 0.15) is 11.4 Å². The van der Waals surface area contributed by atoms with Crippen molar-refractivity contribution < 1.29 is 18.6 Å². The van der Waals surface area contributed by atoms with Gasteiger partial charge in [0.2, 0.25) is 0 Å². The topological polar surface area (TPSA) is 83.7 Å². The quantitative estimate of drug-likeness (QED) is 0.456. The Balaban J connectivity index is 2.11. The van der Waals surface area contributed by atoms with Crippen molar-refractivity contribution in [2.75, 3.05) is 13.1 Å². The van der Waals surface area contributed by atoms with Gasteiger partial charge in [-0.05, 0) is 32.0 Å². The number of nitrogens with one attached hydrogen (secondary N) is 2. The van der Waals surface area contributed by atoms with E-state index >= 15 is 0 Å². The lowest BCUT2D eigenvalue weighted by Gasteiger charge is -2.23. The summed E-state index contributed by atoms with van der Waals surface area (Å²) in [5.41, 5.74) is -0.102. The Morgan fingerprint density at radius 3 is 2.79 bits per heavy atom. The van der Waals surface area contributed by atoms with Gasteiger partial charge in [0, 0.05) is 35.9 Å². The minimum absolute atomic E-state index is 0.0151. The SMILES string of the molecule is CCNC(=NCc1cc(Cl)ccc1OC(F)F)NCC(C)(O)c1cnn(C)c1. The summed E-state index contributed by atoms with van der Waals surface area (Å²) in [7, 11) is 1.77. The highest BCUT2D eigenvalue weighted by molar-refractivity contribution is 6.30. The fraction of sp³-hybridized carbons (Fsp3) is 0.444. The van der Waals surface area contributed by atoms with Gasteiger partial charge in [-0.2, -0.15) is 13.9 Å². The van der Waals surface area contributed by atoms with Crippen molar-refractivity contribution in [1.29, 1.82) is 0 Å². The van der Waals surface area contributed by atoms with E-state index in [1.807, 2.05) is 6.92 Å². The maximum Gasteiger partial charge on any atom is 0.387 e. The molecule has 2 aromatic rings. The van der Waals surface area contributed by atoms with Gasteiger partial charge in [-0.25, -0.2) is 4.99 Å². The fourth-order valence-electron chi connectivity index (χ4n) is 2.45. The molecule has 0 saturated carbocycles. The van der Waals surface area contributed by atoms with Gasteiger partial charge in [0.15, 0.2) is 5.96 Å². The van der Waals surface area contributed by atoms with Crippen LogP contribution in [0.5, 0.6) is 5.75 Å². The second-order valence-electron chi connectivity index (χ2n) is 6.36. The molecule has 0 aliphatic carbocycles. The van der Waals surface area contributed by atoms with Gasteiger partial charge in [0.25, 0.3) is 0 Å². The predicted molar refractivity (Wildman–Crippen MR) is 104 cm³/mol. The minimum Gasteiger partial charge on any atom is -0.434 e. The first-order chi connectivity index (χ1) is 13.2. The molecular weight excluding hydrogens is 392 g/mol. The summed E-state index contributed by atoms with van der Waals surface area (Å²) in [5, 5.41) is 21.2. The van der Waals surface area contributed by atoms with Gasteiger partial charge in [-0.15, -0.1) is 0 Å². The van der Waals surface area contributed by atoms with E-state index in [-0.39, 0.29) is 18.8 Å². The van der Waals surface area contributed by atoms with Crippen LogP contribution < -0.4 is 15.4 Å². The number of hydrogen-bond acceptors (Lipinski definition) is 4. The molecule has 0 aliphatic heterocycles. The molecule has 0 bridgehead atoms. The monoisotopic (exact) mass is 415 g/mol. The minimum atomic E-state index is -2.94. The number of aliphatic hydroxyl groups is 1. The van der Waals surface area contributed by atoms with Crippen molar-refractivity contribution in [2.45, 2.75) is 32.6 Å². The van der Waals surface area contributed by atoms with Crippen LogP contribution in [0.4, 0.5) is 8.78 Å². The van der Waals surface area contributed by atoms with Crippen molar-refractivity contribution in [3.05, 3.63) is 46.7 Å². The highest BCUT2D eigenvalue weighted by Crippen LogP contribution is 2.25. The molecule has 10 heteroatoms. The third kappa shape index (κ3) is 6.35. The maximum absolute atomic E-state index is 12.6. The standard InChI is InChI=1S/C18H24ClF2N5O2/c1-4-22-17(24-11-18(2,27)13-9-25-26(3)10-13)23-8-12-7-14(19)5-6-15(12)28-16(20)21/h5-7,9-10,16,27H,4,8,11H2,1-3H3,(H2,22,23,24). The molecule has 0 fully saturated rings. The summed E-state index contributed by atoms with van der Waals surface area (Å²) in [5.74, 6) is 0.427. The molecule has 2 rings (SSSR count). The largest absolute Gasteiger partial charge is 0.434 e. The van der Waals surface area contributed by atoms with Gasteiger partial charge < -0.3 is 20.5 Å². The van der Waals surface area contributed by atoms with Crippen LogP contribution >= 0.6 is 11.6 Å². The summed E-state index contributed by atoms with van der Waals surface area (Å²) in [6, 6.07) is 4.38. The van der Waals surface area contributed by atoms with Crippen molar-refractivity contribution in [3.63, 3.8) is 0 Å². The van der Waals surface area contributed by atoms with Crippen LogP contribution in [-0.4, -0.2) is 40.5 Å². The molecule has 0 radical (unpaired) electrons. The van der Waals surface area contributed by atoms with E-state index in [4.69, 9.17) is 11.6 Å². The van der Waals surface area contributed by atoms with Gasteiger partial charge in [-0.3, -0.25) is 4.68 Å². The number of aliphatic imine (C=N–C) groups is 1. The highest BCUT2D eigenvalue weighted by atomic mass is 35.5. The van der Waals surface area contributed by atoms with Gasteiger partial charge >= 0.3 is 6.61 Å². The van der Waals surface area contributed by atoms with Crippen LogP contribution in [0.1, 0.15) is 25.0 Å². The number of alkyl halides is 2. The van der Waals surface area contributed by atoms with Crippen LogP contribution in [-0.2, 0) is 19.2 Å². The lowest BCUT2D eigenvalue weighted by Crippen LogP contribution is -2.44. The molecule has 154 valence electrons.